The van der Waals surface area contributed by atoms with Crippen LogP contribution in [0.1, 0.15) is 17.5 Å². The fraction of sp³-hybridized carbons (Fsp3) is 0.222. The number of rotatable bonds is 5. The van der Waals surface area contributed by atoms with Crippen molar-refractivity contribution >= 4 is 12.1 Å². The summed E-state index contributed by atoms with van der Waals surface area (Å²) in [6.45, 7) is 0. The van der Waals surface area contributed by atoms with Crippen molar-refractivity contribution in [2.45, 2.75) is 12.0 Å². The van der Waals surface area contributed by atoms with Gasteiger partial charge in [-0.3, -0.25) is 4.79 Å². The van der Waals surface area contributed by atoms with Crippen molar-refractivity contribution < 1.29 is 9.53 Å². The molecule has 1 aliphatic rings. The number of nitrogens with one attached hydrogen (secondary N) is 1. The number of amides is 1. The summed E-state index contributed by atoms with van der Waals surface area (Å²) >= 11 is 0. The Kier molecular flexibility index (Phi) is 4.02. The maximum absolute atomic E-state index is 12.2. The molecular formula is C18H18N2O2. The third kappa shape index (κ3) is 2.78. The molecule has 2 atom stereocenters. The lowest BCUT2D eigenvalue weighted by Gasteiger charge is -2.15. The first-order valence-corrected chi connectivity index (χ1v) is 7.25. The lowest BCUT2D eigenvalue weighted by atomic mass is 10.1. The minimum absolute atomic E-state index is 0.113. The van der Waals surface area contributed by atoms with Crippen LogP contribution in [0.5, 0.6) is 0 Å². The minimum Gasteiger partial charge on any atom is -0.373 e. The molecule has 0 spiro atoms. The number of carbonyl (C=O) groups excluding carboxylic acids is 1. The average Bonchev–Trinajstić information content (AvgIpc) is 3.33. The first-order valence-electron chi connectivity index (χ1n) is 7.25. The lowest BCUT2D eigenvalue weighted by Crippen LogP contribution is -2.25. The third-order valence-electron chi connectivity index (χ3n) is 4.04. The first kappa shape index (κ1) is 14.5. The molecule has 0 radical (unpaired) electrons. The second kappa shape index (κ2) is 6.12. The highest BCUT2D eigenvalue weighted by molar-refractivity contribution is 5.86. The van der Waals surface area contributed by atoms with Crippen LogP contribution >= 0.6 is 0 Å². The first-order chi connectivity index (χ1) is 10.8. The Morgan fingerprint density at radius 1 is 1.18 bits per heavy atom. The molecule has 3 rings (SSSR count). The molecule has 4 nitrogen and oxygen atoms in total. The second-order valence-corrected chi connectivity index (χ2v) is 5.36. The van der Waals surface area contributed by atoms with Crippen LogP contribution in [-0.2, 0) is 15.1 Å². The second-order valence-electron chi connectivity index (χ2n) is 5.36. The van der Waals surface area contributed by atoms with E-state index in [2.05, 4.69) is 10.5 Å². The van der Waals surface area contributed by atoms with Crippen molar-refractivity contribution in [3.8, 4) is 0 Å². The van der Waals surface area contributed by atoms with E-state index in [1.807, 2.05) is 60.7 Å². The SMILES string of the molecule is COC1(c2ccccc2)CC1C(=O)N/N=C/c1ccccc1. The van der Waals surface area contributed by atoms with Crippen molar-refractivity contribution in [1.82, 2.24) is 5.43 Å². The summed E-state index contributed by atoms with van der Waals surface area (Å²) in [4.78, 5) is 12.2. The van der Waals surface area contributed by atoms with Gasteiger partial charge in [-0.25, -0.2) is 5.43 Å². The van der Waals surface area contributed by atoms with Crippen LogP contribution in [0.15, 0.2) is 65.8 Å². The van der Waals surface area contributed by atoms with Gasteiger partial charge >= 0.3 is 0 Å². The van der Waals surface area contributed by atoms with Gasteiger partial charge in [0.1, 0.15) is 5.60 Å². The lowest BCUT2D eigenvalue weighted by molar-refractivity contribution is -0.124. The van der Waals surface area contributed by atoms with Crippen molar-refractivity contribution in [2.75, 3.05) is 7.11 Å². The Bertz CT molecular complexity index is 670. The number of carbonyl (C=O) groups is 1. The van der Waals surface area contributed by atoms with E-state index in [0.29, 0.717) is 6.42 Å². The molecule has 1 amide bonds. The molecule has 2 unspecified atom stereocenters. The molecule has 22 heavy (non-hydrogen) atoms. The van der Waals surface area contributed by atoms with E-state index in [4.69, 9.17) is 4.74 Å². The molecule has 0 bridgehead atoms. The number of ether oxygens (including phenoxy) is 1. The van der Waals surface area contributed by atoms with E-state index in [0.717, 1.165) is 11.1 Å². The smallest absolute Gasteiger partial charge is 0.246 e. The summed E-state index contributed by atoms with van der Waals surface area (Å²) in [7, 11) is 1.65. The van der Waals surface area contributed by atoms with Gasteiger partial charge in [-0.1, -0.05) is 60.7 Å². The van der Waals surface area contributed by atoms with Crippen molar-refractivity contribution in [3.05, 3.63) is 71.8 Å². The number of hydrogen-bond donors (Lipinski definition) is 1. The molecule has 1 N–H and O–H groups in total. The average molecular weight is 294 g/mol. The van der Waals surface area contributed by atoms with E-state index >= 15 is 0 Å². The quantitative estimate of drug-likeness (QED) is 0.681. The normalized spacial score (nSPS) is 23.4. The van der Waals surface area contributed by atoms with Gasteiger partial charge in [0.2, 0.25) is 5.91 Å². The predicted octanol–water partition coefficient (Wildman–Crippen LogP) is 2.70. The van der Waals surface area contributed by atoms with Crippen molar-refractivity contribution in [2.24, 2.45) is 11.0 Å². The van der Waals surface area contributed by atoms with Gasteiger partial charge in [-0.05, 0) is 17.5 Å². The zero-order valence-electron chi connectivity index (χ0n) is 12.4. The van der Waals surface area contributed by atoms with Gasteiger partial charge in [0.15, 0.2) is 0 Å². The molecule has 2 aromatic carbocycles. The van der Waals surface area contributed by atoms with Crippen LogP contribution in [-0.4, -0.2) is 19.2 Å². The zero-order chi connectivity index (χ0) is 15.4. The van der Waals surface area contributed by atoms with Crippen molar-refractivity contribution in [3.63, 3.8) is 0 Å². The van der Waals surface area contributed by atoms with Crippen LogP contribution in [0.3, 0.4) is 0 Å². The molecule has 2 aromatic rings. The maximum Gasteiger partial charge on any atom is 0.246 e. The Morgan fingerprint density at radius 3 is 2.45 bits per heavy atom. The number of nitrogens with zero attached hydrogens (tertiary/aromatic N) is 1. The van der Waals surface area contributed by atoms with E-state index in [1.54, 1.807) is 13.3 Å². The van der Waals surface area contributed by atoms with Gasteiger partial charge in [-0.15, -0.1) is 0 Å². The van der Waals surface area contributed by atoms with E-state index in [9.17, 15) is 4.79 Å². The van der Waals surface area contributed by atoms with E-state index < -0.39 is 5.60 Å². The van der Waals surface area contributed by atoms with Crippen LogP contribution in [0.25, 0.3) is 0 Å². The van der Waals surface area contributed by atoms with Crippen LogP contribution in [0.4, 0.5) is 0 Å². The van der Waals surface area contributed by atoms with E-state index in [-0.39, 0.29) is 11.8 Å². The molecule has 0 aliphatic heterocycles. The Morgan fingerprint density at radius 2 is 1.82 bits per heavy atom. The highest BCUT2D eigenvalue weighted by Gasteiger charge is 2.60. The molecule has 4 heteroatoms. The predicted molar refractivity (Wildman–Crippen MR) is 85.4 cm³/mol. The third-order valence-corrected chi connectivity index (χ3v) is 4.04. The standard InChI is InChI=1S/C18H18N2O2/c1-22-18(15-10-6-3-7-11-15)12-16(18)17(21)20-19-13-14-8-4-2-5-9-14/h2-11,13,16H,12H2,1H3,(H,20,21)/b19-13+. The highest BCUT2D eigenvalue weighted by atomic mass is 16.5. The fourth-order valence-corrected chi connectivity index (χ4v) is 2.72. The summed E-state index contributed by atoms with van der Waals surface area (Å²) in [5.41, 5.74) is 4.07. The van der Waals surface area contributed by atoms with E-state index in [1.165, 1.54) is 0 Å². The van der Waals surface area contributed by atoms with Gasteiger partial charge in [-0.2, -0.15) is 5.10 Å². The summed E-state index contributed by atoms with van der Waals surface area (Å²) in [5.74, 6) is -0.314. The number of methoxy groups -OCH3 is 1. The Labute approximate surface area is 129 Å². The van der Waals surface area contributed by atoms with Crippen LogP contribution in [0, 0.1) is 5.92 Å². The fourth-order valence-electron chi connectivity index (χ4n) is 2.72. The summed E-state index contributed by atoms with van der Waals surface area (Å²) in [6, 6.07) is 19.5. The molecule has 0 heterocycles. The Hall–Kier alpha value is -2.46. The van der Waals surface area contributed by atoms with Gasteiger partial charge in [0.05, 0.1) is 12.1 Å². The number of benzene rings is 2. The van der Waals surface area contributed by atoms with Crippen LogP contribution < -0.4 is 5.43 Å². The maximum atomic E-state index is 12.2. The topological polar surface area (TPSA) is 50.7 Å². The highest BCUT2D eigenvalue weighted by Crippen LogP contribution is 2.54. The summed E-state index contributed by atoms with van der Waals surface area (Å²) in [5, 5.41) is 4.02. The van der Waals surface area contributed by atoms with Gasteiger partial charge < -0.3 is 4.74 Å². The largest absolute Gasteiger partial charge is 0.373 e. The molecule has 0 aromatic heterocycles. The Balaban J connectivity index is 1.64. The molecular weight excluding hydrogens is 276 g/mol. The number of hydrogen-bond acceptors (Lipinski definition) is 3. The van der Waals surface area contributed by atoms with Crippen LogP contribution in [0.2, 0.25) is 0 Å². The van der Waals surface area contributed by atoms with Crippen molar-refractivity contribution in [1.29, 1.82) is 0 Å². The molecule has 112 valence electrons. The zero-order valence-corrected chi connectivity index (χ0v) is 12.4. The molecule has 0 saturated heterocycles. The molecule has 1 fully saturated rings. The number of hydrazone groups is 1. The molecule has 1 saturated carbocycles. The van der Waals surface area contributed by atoms with Gasteiger partial charge in [0.25, 0.3) is 0 Å². The monoisotopic (exact) mass is 294 g/mol. The minimum atomic E-state index is -0.506. The van der Waals surface area contributed by atoms with Gasteiger partial charge in [0, 0.05) is 7.11 Å². The summed E-state index contributed by atoms with van der Waals surface area (Å²) < 4.78 is 5.62. The summed E-state index contributed by atoms with van der Waals surface area (Å²) in [6.07, 6.45) is 2.32. The molecule has 1 aliphatic carbocycles.